The fourth-order valence-corrected chi connectivity index (χ4v) is 2.38. The number of hydrogen-bond donors (Lipinski definition) is 0. The molecule has 0 aliphatic heterocycles. The van der Waals surface area contributed by atoms with Crippen LogP contribution in [-0.4, -0.2) is 12.0 Å². The third-order valence-corrected chi connectivity index (χ3v) is 3.55. The molecule has 3 aromatic rings. The summed E-state index contributed by atoms with van der Waals surface area (Å²) >= 11 is 0. The Morgan fingerprint density at radius 1 is 0.875 bits per heavy atom. The fourth-order valence-electron chi connectivity index (χ4n) is 2.38. The number of para-hydroxylation sites is 1. The maximum Gasteiger partial charge on any atom is 0.315 e. The number of nitrogens with zero attached hydrogens (tertiary/aromatic N) is 1. The van der Waals surface area contributed by atoms with Gasteiger partial charge < -0.3 is 9.47 Å². The molecule has 3 aromatic carbocycles. The first-order chi connectivity index (χ1) is 11.7. The van der Waals surface area contributed by atoms with Crippen LogP contribution < -0.4 is 9.47 Å². The molecule has 0 bridgehead atoms. The predicted molar refractivity (Wildman–Crippen MR) is 91.6 cm³/mol. The zero-order valence-corrected chi connectivity index (χ0v) is 13.0. The summed E-state index contributed by atoms with van der Waals surface area (Å²) in [6, 6.07) is 21.7. The van der Waals surface area contributed by atoms with Gasteiger partial charge in [-0.2, -0.15) is 0 Å². The number of ether oxygens (including phenoxy) is 2. The molecule has 0 aliphatic carbocycles. The van der Waals surface area contributed by atoms with Crippen LogP contribution in [0.3, 0.4) is 0 Å². The summed E-state index contributed by atoms with van der Waals surface area (Å²) in [5.41, 5.74) is 1.70. The van der Waals surface area contributed by atoms with E-state index in [2.05, 4.69) is 0 Å². The van der Waals surface area contributed by atoms with E-state index in [1.165, 1.54) is 13.2 Å². The summed E-state index contributed by atoms with van der Waals surface area (Å²) in [5, 5.41) is 11.3. The molecule has 0 aliphatic rings. The van der Waals surface area contributed by atoms with E-state index in [1.54, 1.807) is 18.2 Å². The molecule has 5 nitrogen and oxygen atoms in total. The Bertz CT molecular complexity index is 862. The van der Waals surface area contributed by atoms with Gasteiger partial charge in [0.25, 0.3) is 0 Å². The largest absolute Gasteiger partial charge is 0.496 e. The van der Waals surface area contributed by atoms with E-state index in [9.17, 15) is 10.1 Å². The standard InChI is InChI=1S/C19H15NO4/c1-23-15-11-12-19(17(13-15)20(21)22)24-18-10-6-5-9-16(18)14-7-3-2-4-8-14/h2-13H,1H3. The molecule has 0 spiro atoms. The summed E-state index contributed by atoms with van der Waals surface area (Å²) in [6.07, 6.45) is 0. The lowest BCUT2D eigenvalue weighted by Crippen LogP contribution is -1.95. The quantitative estimate of drug-likeness (QED) is 0.486. The van der Waals surface area contributed by atoms with Crippen LogP contribution in [0.25, 0.3) is 11.1 Å². The monoisotopic (exact) mass is 321 g/mol. The van der Waals surface area contributed by atoms with Crippen LogP contribution in [0.5, 0.6) is 17.2 Å². The highest BCUT2D eigenvalue weighted by molar-refractivity contribution is 5.71. The second kappa shape index (κ2) is 6.83. The van der Waals surface area contributed by atoms with Crippen molar-refractivity contribution < 1.29 is 14.4 Å². The SMILES string of the molecule is COc1ccc(Oc2ccccc2-c2ccccc2)c([N+](=O)[O-])c1. The fraction of sp³-hybridized carbons (Fsp3) is 0.0526. The van der Waals surface area contributed by atoms with Crippen LogP contribution in [0, 0.1) is 10.1 Å². The van der Waals surface area contributed by atoms with Crippen LogP contribution in [-0.2, 0) is 0 Å². The van der Waals surface area contributed by atoms with Gasteiger partial charge >= 0.3 is 5.69 Å². The molecular formula is C19H15NO4. The first-order valence-electron chi connectivity index (χ1n) is 7.34. The Morgan fingerprint density at radius 3 is 2.29 bits per heavy atom. The van der Waals surface area contributed by atoms with Crippen molar-refractivity contribution in [2.75, 3.05) is 7.11 Å². The molecule has 0 fully saturated rings. The second-order valence-electron chi connectivity index (χ2n) is 5.06. The van der Waals surface area contributed by atoms with Crippen LogP contribution in [0.4, 0.5) is 5.69 Å². The van der Waals surface area contributed by atoms with E-state index in [0.29, 0.717) is 11.5 Å². The molecule has 0 unspecified atom stereocenters. The van der Waals surface area contributed by atoms with Gasteiger partial charge in [0.2, 0.25) is 5.75 Å². The molecule has 0 atom stereocenters. The smallest absolute Gasteiger partial charge is 0.315 e. The maximum atomic E-state index is 11.3. The Hall–Kier alpha value is -3.34. The Balaban J connectivity index is 2.03. The van der Waals surface area contributed by atoms with E-state index in [0.717, 1.165) is 11.1 Å². The van der Waals surface area contributed by atoms with Gasteiger partial charge in [0.15, 0.2) is 0 Å². The first kappa shape index (κ1) is 15.6. The molecule has 120 valence electrons. The molecule has 0 aromatic heterocycles. The Labute approximate surface area is 139 Å². The van der Waals surface area contributed by atoms with Crippen LogP contribution in [0.15, 0.2) is 72.8 Å². The first-order valence-corrected chi connectivity index (χ1v) is 7.34. The van der Waals surface area contributed by atoms with Crippen molar-refractivity contribution in [3.63, 3.8) is 0 Å². The maximum absolute atomic E-state index is 11.3. The van der Waals surface area contributed by atoms with Crippen molar-refractivity contribution in [1.29, 1.82) is 0 Å². The molecule has 0 radical (unpaired) electrons. The zero-order chi connectivity index (χ0) is 16.9. The second-order valence-corrected chi connectivity index (χ2v) is 5.06. The number of methoxy groups -OCH3 is 1. The van der Waals surface area contributed by atoms with Crippen molar-refractivity contribution in [2.45, 2.75) is 0 Å². The van der Waals surface area contributed by atoms with Crippen molar-refractivity contribution in [2.24, 2.45) is 0 Å². The molecule has 0 amide bonds. The van der Waals surface area contributed by atoms with Crippen molar-refractivity contribution in [3.8, 4) is 28.4 Å². The zero-order valence-electron chi connectivity index (χ0n) is 13.0. The van der Waals surface area contributed by atoms with Gasteiger partial charge in [0.05, 0.1) is 18.1 Å². The lowest BCUT2D eigenvalue weighted by molar-refractivity contribution is -0.385. The van der Waals surface area contributed by atoms with Gasteiger partial charge in [-0.15, -0.1) is 0 Å². The Morgan fingerprint density at radius 2 is 1.58 bits per heavy atom. The molecule has 0 heterocycles. The number of nitro groups is 1. The highest BCUT2D eigenvalue weighted by Crippen LogP contribution is 2.38. The van der Waals surface area contributed by atoms with Crippen molar-refractivity contribution in [3.05, 3.63) is 82.9 Å². The van der Waals surface area contributed by atoms with Crippen LogP contribution in [0.1, 0.15) is 0 Å². The van der Waals surface area contributed by atoms with E-state index in [1.807, 2.05) is 48.5 Å². The molecule has 0 saturated carbocycles. The third-order valence-electron chi connectivity index (χ3n) is 3.55. The van der Waals surface area contributed by atoms with Gasteiger partial charge in [-0.05, 0) is 23.8 Å². The van der Waals surface area contributed by atoms with E-state index < -0.39 is 4.92 Å². The van der Waals surface area contributed by atoms with Gasteiger partial charge in [-0.1, -0.05) is 48.5 Å². The summed E-state index contributed by atoms with van der Waals surface area (Å²) in [4.78, 5) is 10.8. The summed E-state index contributed by atoms with van der Waals surface area (Å²) in [7, 11) is 1.46. The number of nitro benzene ring substituents is 1. The van der Waals surface area contributed by atoms with Gasteiger partial charge in [0, 0.05) is 5.56 Å². The normalized spacial score (nSPS) is 10.2. The highest BCUT2D eigenvalue weighted by atomic mass is 16.6. The van der Waals surface area contributed by atoms with Gasteiger partial charge in [-0.3, -0.25) is 10.1 Å². The Kier molecular flexibility index (Phi) is 4.43. The molecule has 0 N–H and O–H groups in total. The average molecular weight is 321 g/mol. The van der Waals surface area contributed by atoms with Crippen molar-refractivity contribution >= 4 is 5.69 Å². The topological polar surface area (TPSA) is 61.6 Å². The molecule has 0 saturated heterocycles. The average Bonchev–Trinajstić information content (AvgIpc) is 2.63. The van der Waals surface area contributed by atoms with E-state index in [-0.39, 0.29) is 11.4 Å². The molecule has 3 rings (SSSR count). The summed E-state index contributed by atoms with van der Waals surface area (Å²) in [5.74, 6) is 1.13. The molecular weight excluding hydrogens is 306 g/mol. The predicted octanol–water partition coefficient (Wildman–Crippen LogP) is 5.06. The van der Waals surface area contributed by atoms with E-state index in [4.69, 9.17) is 9.47 Å². The minimum Gasteiger partial charge on any atom is -0.496 e. The minimum atomic E-state index is -0.483. The highest BCUT2D eigenvalue weighted by Gasteiger charge is 2.18. The summed E-state index contributed by atoms with van der Waals surface area (Å²) < 4.78 is 10.9. The minimum absolute atomic E-state index is 0.141. The number of rotatable bonds is 5. The lowest BCUT2D eigenvalue weighted by Gasteiger charge is -2.12. The third kappa shape index (κ3) is 3.20. The lowest BCUT2D eigenvalue weighted by atomic mass is 10.0. The van der Waals surface area contributed by atoms with Gasteiger partial charge in [-0.25, -0.2) is 0 Å². The van der Waals surface area contributed by atoms with Crippen LogP contribution >= 0.6 is 0 Å². The van der Waals surface area contributed by atoms with Crippen LogP contribution in [0.2, 0.25) is 0 Å². The molecule has 5 heteroatoms. The number of benzene rings is 3. The number of hydrogen-bond acceptors (Lipinski definition) is 4. The van der Waals surface area contributed by atoms with Crippen molar-refractivity contribution in [1.82, 2.24) is 0 Å². The summed E-state index contributed by atoms with van der Waals surface area (Å²) in [6.45, 7) is 0. The van der Waals surface area contributed by atoms with Gasteiger partial charge in [0.1, 0.15) is 11.5 Å². The molecule has 24 heavy (non-hydrogen) atoms. The van der Waals surface area contributed by atoms with E-state index >= 15 is 0 Å².